The highest BCUT2D eigenvalue weighted by Gasteiger charge is 2.17. The van der Waals surface area contributed by atoms with E-state index < -0.39 is 0 Å². The maximum atomic E-state index is 11.6. The molecule has 1 fully saturated rings. The van der Waals surface area contributed by atoms with E-state index in [4.69, 9.17) is 4.74 Å². The first-order valence-corrected chi connectivity index (χ1v) is 6.48. The smallest absolute Gasteiger partial charge is 0.258 e. The molecule has 0 unspecified atom stereocenters. The molecule has 0 saturated heterocycles. The topological polar surface area (TPSA) is 50.4 Å². The third kappa shape index (κ3) is 3.65. The van der Waals surface area contributed by atoms with E-state index in [1.54, 1.807) is 0 Å². The minimum Gasteiger partial charge on any atom is -0.484 e. The van der Waals surface area contributed by atoms with Crippen LogP contribution in [0.2, 0.25) is 0 Å². The van der Waals surface area contributed by atoms with Gasteiger partial charge in [0.15, 0.2) is 6.61 Å². The lowest BCUT2D eigenvalue weighted by atomic mass is 10.2. The summed E-state index contributed by atoms with van der Waals surface area (Å²) in [7, 11) is 1.87. The molecule has 2 rings (SSSR count). The molecule has 18 heavy (non-hydrogen) atoms. The summed E-state index contributed by atoms with van der Waals surface area (Å²) in [6.07, 6.45) is 4.64. The summed E-state index contributed by atoms with van der Waals surface area (Å²) in [5.41, 5.74) is 1.03. The Morgan fingerprint density at radius 1 is 1.28 bits per heavy atom. The Balaban J connectivity index is 1.74. The molecule has 1 aliphatic rings. The molecule has 4 nitrogen and oxygen atoms in total. The molecule has 0 aromatic heterocycles. The zero-order valence-corrected chi connectivity index (χ0v) is 10.7. The lowest BCUT2D eigenvalue weighted by molar-refractivity contribution is -0.123. The van der Waals surface area contributed by atoms with Crippen molar-refractivity contribution in [1.82, 2.24) is 5.32 Å². The predicted octanol–water partition coefficient (Wildman–Crippen LogP) is 2.17. The fourth-order valence-electron chi connectivity index (χ4n) is 2.21. The molecular formula is C14H20N2O2. The minimum atomic E-state index is -0.0282. The largest absolute Gasteiger partial charge is 0.484 e. The van der Waals surface area contributed by atoms with E-state index in [2.05, 4.69) is 10.6 Å². The van der Waals surface area contributed by atoms with Gasteiger partial charge in [-0.1, -0.05) is 12.8 Å². The fourth-order valence-corrected chi connectivity index (χ4v) is 2.21. The second-order valence-electron chi connectivity index (χ2n) is 4.61. The summed E-state index contributed by atoms with van der Waals surface area (Å²) in [5, 5.41) is 6.03. The van der Waals surface area contributed by atoms with E-state index in [0.717, 1.165) is 24.3 Å². The van der Waals surface area contributed by atoms with Crippen molar-refractivity contribution < 1.29 is 9.53 Å². The van der Waals surface area contributed by atoms with Gasteiger partial charge in [-0.2, -0.15) is 0 Å². The first-order chi connectivity index (χ1) is 8.78. The Morgan fingerprint density at radius 3 is 2.56 bits per heavy atom. The molecule has 4 heteroatoms. The fraction of sp³-hybridized carbons (Fsp3) is 0.500. The van der Waals surface area contributed by atoms with Crippen molar-refractivity contribution in [2.75, 3.05) is 19.0 Å². The predicted molar refractivity (Wildman–Crippen MR) is 71.9 cm³/mol. The number of benzene rings is 1. The molecule has 1 saturated carbocycles. The summed E-state index contributed by atoms with van der Waals surface area (Å²) in [4.78, 5) is 11.6. The number of ether oxygens (including phenoxy) is 1. The van der Waals surface area contributed by atoms with E-state index in [-0.39, 0.29) is 12.5 Å². The normalized spacial score (nSPS) is 15.4. The van der Waals surface area contributed by atoms with Crippen LogP contribution < -0.4 is 15.4 Å². The Kier molecular flexibility index (Phi) is 4.45. The molecule has 1 amide bonds. The van der Waals surface area contributed by atoms with Crippen LogP contribution in [-0.4, -0.2) is 25.6 Å². The number of carbonyl (C=O) groups is 1. The van der Waals surface area contributed by atoms with E-state index in [9.17, 15) is 4.79 Å². The number of nitrogens with one attached hydrogen (secondary N) is 2. The van der Waals surface area contributed by atoms with Crippen LogP contribution in [0.15, 0.2) is 24.3 Å². The van der Waals surface area contributed by atoms with Crippen LogP contribution in [0.1, 0.15) is 25.7 Å². The van der Waals surface area contributed by atoms with Crippen LogP contribution in [0.5, 0.6) is 5.75 Å². The summed E-state index contributed by atoms with van der Waals surface area (Å²) in [5.74, 6) is 0.690. The van der Waals surface area contributed by atoms with Crippen LogP contribution in [0.3, 0.4) is 0 Å². The van der Waals surface area contributed by atoms with Gasteiger partial charge in [-0.3, -0.25) is 4.79 Å². The molecular weight excluding hydrogens is 228 g/mol. The standard InChI is InChI=1S/C14H20N2O2/c1-15-11-6-8-13(9-7-11)18-10-14(17)16-12-4-2-3-5-12/h6-9,12,15H,2-5,10H2,1H3,(H,16,17). The Labute approximate surface area is 108 Å². The molecule has 0 heterocycles. The highest BCUT2D eigenvalue weighted by molar-refractivity contribution is 5.77. The monoisotopic (exact) mass is 248 g/mol. The molecule has 0 bridgehead atoms. The van der Waals surface area contributed by atoms with Crippen LogP contribution in [0.25, 0.3) is 0 Å². The molecule has 0 spiro atoms. The van der Waals surface area contributed by atoms with Gasteiger partial charge in [0.2, 0.25) is 0 Å². The van der Waals surface area contributed by atoms with Gasteiger partial charge in [0.1, 0.15) is 5.75 Å². The van der Waals surface area contributed by atoms with Crippen molar-refractivity contribution in [2.45, 2.75) is 31.7 Å². The molecule has 2 N–H and O–H groups in total. The molecule has 1 aliphatic carbocycles. The summed E-state index contributed by atoms with van der Waals surface area (Å²) in [6.45, 7) is 0.0927. The zero-order chi connectivity index (χ0) is 12.8. The summed E-state index contributed by atoms with van der Waals surface area (Å²) in [6, 6.07) is 7.91. The van der Waals surface area contributed by atoms with Gasteiger partial charge in [0.25, 0.3) is 5.91 Å². The van der Waals surface area contributed by atoms with Crippen molar-refractivity contribution >= 4 is 11.6 Å². The molecule has 1 aromatic carbocycles. The quantitative estimate of drug-likeness (QED) is 0.839. The first kappa shape index (κ1) is 12.7. The van der Waals surface area contributed by atoms with Crippen LogP contribution in [-0.2, 0) is 4.79 Å². The van der Waals surface area contributed by atoms with Gasteiger partial charge in [0, 0.05) is 18.8 Å². The van der Waals surface area contributed by atoms with E-state index >= 15 is 0 Å². The maximum Gasteiger partial charge on any atom is 0.258 e. The van der Waals surface area contributed by atoms with Crippen LogP contribution in [0.4, 0.5) is 5.69 Å². The number of hydrogen-bond acceptors (Lipinski definition) is 3. The van der Waals surface area contributed by atoms with Gasteiger partial charge in [-0.05, 0) is 37.1 Å². The van der Waals surface area contributed by atoms with Crippen molar-refractivity contribution in [1.29, 1.82) is 0 Å². The van der Waals surface area contributed by atoms with Gasteiger partial charge in [-0.15, -0.1) is 0 Å². The average molecular weight is 248 g/mol. The first-order valence-electron chi connectivity index (χ1n) is 6.48. The van der Waals surface area contributed by atoms with Crippen LogP contribution >= 0.6 is 0 Å². The Morgan fingerprint density at radius 2 is 1.94 bits per heavy atom. The Hall–Kier alpha value is -1.71. The highest BCUT2D eigenvalue weighted by Crippen LogP contribution is 2.18. The van der Waals surface area contributed by atoms with Gasteiger partial charge >= 0.3 is 0 Å². The second kappa shape index (κ2) is 6.28. The highest BCUT2D eigenvalue weighted by atomic mass is 16.5. The van der Waals surface area contributed by atoms with Gasteiger partial charge in [0.05, 0.1) is 0 Å². The van der Waals surface area contributed by atoms with Gasteiger partial charge in [-0.25, -0.2) is 0 Å². The molecule has 98 valence electrons. The van der Waals surface area contributed by atoms with E-state index in [0.29, 0.717) is 6.04 Å². The van der Waals surface area contributed by atoms with Crippen molar-refractivity contribution in [3.63, 3.8) is 0 Å². The van der Waals surface area contributed by atoms with Gasteiger partial charge < -0.3 is 15.4 Å². The van der Waals surface area contributed by atoms with Crippen LogP contribution in [0, 0.1) is 0 Å². The van der Waals surface area contributed by atoms with Crippen molar-refractivity contribution in [3.05, 3.63) is 24.3 Å². The molecule has 1 aromatic rings. The number of anilines is 1. The SMILES string of the molecule is CNc1ccc(OCC(=O)NC2CCCC2)cc1. The number of amides is 1. The Bertz CT molecular complexity index is 383. The number of rotatable bonds is 5. The molecule has 0 radical (unpaired) electrons. The average Bonchev–Trinajstić information content (AvgIpc) is 2.90. The summed E-state index contributed by atoms with van der Waals surface area (Å²) >= 11 is 0. The summed E-state index contributed by atoms with van der Waals surface area (Å²) < 4.78 is 5.44. The van der Waals surface area contributed by atoms with Crippen molar-refractivity contribution in [3.8, 4) is 5.75 Å². The maximum absolute atomic E-state index is 11.6. The minimum absolute atomic E-state index is 0.0282. The third-order valence-corrected chi connectivity index (χ3v) is 3.23. The lowest BCUT2D eigenvalue weighted by Crippen LogP contribution is -2.36. The van der Waals surface area contributed by atoms with E-state index in [1.807, 2.05) is 31.3 Å². The lowest BCUT2D eigenvalue weighted by Gasteiger charge is -2.12. The molecule has 0 atom stereocenters. The zero-order valence-electron chi connectivity index (χ0n) is 10.7. The van der Waals surface area contributed by atoms with E-state index in [1.165, 1.54) is 12.8 Å². The van der Waals surface area contributed by atoms with Crippen molar-refractivity contribution in [2.24, 2.45) is 0 Å². The number of carbonyl (C=O) groups excluding carboxylic acids is 1. The second-order valence-corrected chi connectivity index (χ2v) is 4.61. The number of hydrogen-bond donors (Lipinski definition) is 2. The third-order valence-electron chi connectivity index (χ3n) is 3.23. The molecule has 0 aliphatic heterocycles.